The molecule has 1 rings (SSSR count). The van der Waals surface area contributed by atoms with Crippen LogP contribution in [-0.2, 0) is 10.0 Å². The lowest BCUT2D eigenvalue weighted by Gasteiger charge is -2.12. The molecule has 2 N–H and O–H groups in total. The summed E-state index contributed by atoms with van der Waals surface area (Å²) < 4.78 is 25.4. The maximum atomic E-state index is 11.4. The zero-order valence-electron chi connectivity index (χ0n) is 8.24. The van der Waals surface area contributed by atoms with Crippen LogP contribution >= 0.6 is 0 Å². The van der Waals surface area contributed by atoms with Crippen molar-refractivity contribution in [3.63, 3.8) is 0 Å². The van der Waals surface area contributed by atoms with Crippen molar-refractivity contribution in [3.05, 3.63) is 0 Å². The van der Waals surface area contributed by atoms with Crippen LogP contribution in [0.4, 0.5) is 0 Å². The molecule has 0 heterocycles. The lowest BCUT2D eigenvalue weighted by molar-refractivity contribution is 0.294. The molecule has 0 aromatic rings. The summed E-state index contributed by atoms with van der Waals surface area (Å²) in [6.45, 7) is 5.20. The van der Waals surface area contributed by atoms with Crippen LogP contribution in [0.15, 0.2) is 0 Å². The lowest BCUT2D eigenvalue weighted by atomic mass is 10.2. The lowest BCUT2D eigenvalue weighted by Crippen LogP contribution is -2.37. The Hall–Kier alpha value is -0.130. The Balaban J connectivity index is 2.55. The molecule has 1 fully saturated rings. The van der Waals surface area contributed by atoms with Crippen LogP contribution in [0, 0.1) is 5.41 Å². The Kier molecular flexibility index (Phi) is 2.71. The molecule has 2 unspecified atom stereocenters. The van der Waals surface area contributed by atoms with Gasteiger partial charge in [-0.15, -0.1) is 0 Å². The van der Waals surface area contributed by atoms with Gasteiger partial charge >= 0.3 is 0 Å². The summed E-state index contributed by atoms with van der Waals surface area (Å²) >= 11 is 0. The van der Waals surface area contributed by atoms with Gasteiger partial charge in [0.25, 0.3) is 0 Å². The molecule has 0 bridgehead atoms. The number of aliphatic hydroxyl groups excluding tert-OH is 1. The van der Waals surface area contributed by atoms with Crippen LogP contribution in [-0.4, -0.2) is 31.4 Å². The average molecular weight is 207 g/mol. The molecule has 13 heavy (non-hydrogen) atoms. The van der Waals surface area contributed by atoms with Crippen molar-refractivity contribution in [2.45, 2.75) is 38.5 Å². The topological polar surface area (TPSA) is 66.4 Å². The predicted molar refractivity (Wildman–Crippen MR) is 50.8 cm³/mol. The number of hydrogen-bond donors (Lipinski definition) is 2. The molecule has 5 heteroatoms. The molecule has 0 aromatic heterocycles. The van der Waals surface area contributed by atoms with E-state index in [9.17, 15) is 8.42 Å². The fourth-order valence-corrected chi connectivity index (χ4v) is 2.31. The third-order valence-corrected chi connectivity index (χ3v) is 4.43. The summed E-state index contributed by atoms with van der Waals surface area (Å²) in [5, 5.41) is 8.00. The first kappa shape index (κ1) is 10.9. The van der Waals surface area contributed by atoms with Crippen LogP contribution in [0.5, 0.6) is 0 Å². The smallest absolute Gasteiger partial charge is 0.216 e. The Bertz CT molecular complexity index is 284. The predicted octanol–water partition coefficient (Wildman–Crippen LogP) is 0.0851. The van der Waals surface area contributed by atoms with Crippen LogP contribution in [0.1, 0.15) is 27.2 Å². The van der Waals surface area contributed by atoms with Crippen molar-refractivity contribution in [2.24, 2.45) is 5.41 Å². The monoisotopic (exact) mass is 207 g/mol. The highest BCUT2D eigenvalue weighted by atomic mass is 32.2. The number of rotatable bonds is 4. The molecule has 0 saturated heterocycles. The molecule has 0 aromatic carbocycles. The quantitative estimate of drug-likeness (QED) is 0.686. The fraction of sp³-hybridized carbons (Fsp3) is 1.00. The number of nitrogens with one attached hydrogen (secondary N) is 1. The third-order valence-electron chi connectivity index (χ3n) is 2.61. The Morgan fingerprint density at radius 2 is 2.08 bits per heavy atom. The maximum absolute atomic E-state index is 11.4. The summed E-state index contributed by atoms with van der Waals surface area (Å²) in [6.07, 6.45) is 0.879. The maximum Gasteiger partial charge on any atom is 0.216 e. The first-order valence-electron chi connectivity index (χ1n) is 4.41. The largest absolute Gasteiger partial charge is 0.395 e. The highest BCUT2D eigenvalue weighted by molar-refractivity contribution is 7.90. The molecule has 1 aliphatic carbocycles. The summed E-state index contributed by atoms with van der Waals surface area (Å²) in [4.78, 5) is 0. The summed E-state index contributed by atoms with van der Waals surface area (Å²) in [7, 11) is -3.32. The SMILES string of the molecule is CC(CO)S(=O)(=O)NC1CC1(C)C. The second-order valence-electron chi connectivity index (χ2n) is 4.40. The summed E-state index contributed by atoms with van der Waals surface area (Å²) in [5.74, 6) is 0. The number of sulfonamides is 1. The Morgan fingerprint density at radius 3 is 2.38 bits per heavy atom. The van der Waals surface area contributed by atoms with E-state index in [1.54, 1.807) is 0 Å². The average Bonchev–Trinajstić information content (AvgIpc) is 2.55. The van der Waals surface area contributed by atoms with E-state index in [1.807, 2.05) is 13.8 Å². The minimum absolute atomic E-state index is 0.0477. The Morgan fingerprint density at radius 1 is 1.62 bits per heavy atom. The van der Waals surface area contributed by atoms with E-state index in [0.717, 1.165) is 6.42 Å². The van der Waals surface area contributed by atoms with Crippen molar-refractivity contribution < 1.29 is 13.5 Å². The van der Waals surface area contributed by atoms with Gasteiger partial charge in [-0.3, -0.25) is 0 Å². The first-order chi connectivity index (χ1) is 5.79. The van der Waals surface area contributed by atoms with E-state index in [2.05, 4.69) is 4.72 Å². The van der Waals surface area contributed by atoms with E-state index in [-0.39, 0.29) is 18.1 Å². The second-order valence-corrected chi connectivity index (χ2v) is 6.53. The van der Waals surface area contributed by atoms with Gasteiger partial charge in [0.05, 0.1) is 11.9 Å². The fourth-order valence-electron chi connectivity index (χ4n) is 1.08. The van der Waals surface area contributed by atoms with Gasteiger partial charge in [-0.1, -0.05) is 13.8 Å². The van der Waals surface area contributed by atoms with Crippen molar-refractivity contribution in [3.8, 4) is 0 Å². The van der Waals surface area contributed by atoms with E-state index in [0.29, 0.717) is 0 Å². The minimum Gasteiger partial charge on any atom is -0.395 e. The van der Waals surface area contributed by atoms with Crippen molar-refractivity contribution in [1.82, 2.24) is 4.72 Å². The summed E-state index contributed by atoms with van der Waals surface area (Å²) in [6, 6.07) is 0.0477. The van der Waals surface area contributed by atoms with E-state index in [4.69, 9.17) is 5.11 Å². The standard InChI is InChI=1S/C8H17NO3S/c1-6(5-10)13(11,12)9-7-4-8(7,2)3/h6-7,9-10H,4-5H2,1-3H3. The molecular weight excluding hydrogens is 190 g/mol. The van der Waals surface area contributed by atoms with Crippen molar-refractivity contribution in [1.29, 1.82) is 0 Å². The van der Waals surface area contributed by atoms with Gasteiger partial charge in [-0.2, -0.15) is 0 Å². The normalized spacial score (nSPS) is 28.5. The van der Waals surface area contributed by atoms with Crippen molar-refractivity contribution >= 4 is 10.0 Å². The van der Waals surface area contributed by atoms with Gasteiger partial charge in [0.2, 0.25) is 10.0 Å². The molecule has 1 aliphatic rings. The molecule has 0 aliphatic heterocycles. The van der Waals surface area contributed by atoms with E-state index in [1.165, 1.54) is 6.92 Å². The summed E-state index contributed by atoms with van der Waals surface area (Å²) in [5.41, 5.74) is 0.0856. The van der Waals surface area contributed by atoms with Crippen molar-refractivity contribution in [2.75, 3.05) is 6.61 Å². The van der Waals surface area contributed by atoms with Gasteiger partial charge < -0.3 is 5.11 Å². The third kappa shape index (κ3) is 2.42. The number of hydrogen-bond acceptors (Lipinski definition) is 3. The molecule has 0 amide bonds. The Labute approximate surface area is 79.4 Å². The minimum atomic E-state index is -3.32. The molecule has 4 nitrogen and oxygen atoms in total. The molecule has 78 valence electrons. The first-order valence-corrected chi connectivity index (χ1v) is 5.96. The molecule has 1 saturated carbocycles. The van der Waals surface area contributed by atoms with Gasteiger partial charge in [-0.25, -0.2) is 13.1 Å². The zero-order chi connectivity index (χ0) is 10.3. The van der Waals surface area contributed by atoms with Crippen LogP contribution < -0.4 is 4.72 Å². The zero-order valence-corrected chi connectivity index (χ0v) is 9.06. The van der Waals surface area contributed by atoms with Gasteiger partial charge in [0.1, 0.15) is 0 Å². The molecule has 0 radical (unpaired) electrons. The van der Waals surface area contributed by atoms with Gasteiger partial charge in [0, 0.05) is 6.04 Å². The second kappa shape index (κ2) is 3.22. The number of aliphatic hydroxyl groups is 1. The van der Waals surface area contributed by atoms with Crippen LogP contribution in [0.25, 0.3) is 0 Å². The molecule has 2 atom stereocenters. The van der Waals surface area contributed by atoms with Gasteiger partial charge in [0.15, 0.2) is 0 Å². The van der Waals surface area contributed by atoms with E-state index < -0.39 is 15.3 Å². The molecular formula is C8H17NO3S. The van der Waals surface area contributed by atoms with Crippen LogP contribution in [0.3, 0.4) is 0 Å². The molecule has 0 spiro atoms. The van der Waals surface area contributed by atoms with Gasteiger partial charge in [-0.05, 0) is 18.8 Å². The van der Waals surface area contributed by atoms with Crippen LogP contribution in [0.2, 0.25) is 0 Å². The highest BCUT2D eigenvalue weighted by Gasteiger charge is 2.48. The van der Waals surface area contributed by atoms with E-state index >= 15 is 0 Å². The highest BCUT2D eigenvalue weighted by Crippen LogP contribution is 2.45.